The van der Waals surface area contributed by atoms with Gasteiger partial charge >= 0.3 is 6.18 Å². The molecule has 3 rings (SSSR count). The van der Waals surface area contributed by atoms with E-state index in [1.54, 1.807) is 20.8 Å². The summed E-state index contributed by atoms with van der Waals surface area (Å²) >= 11 is 1.20. The fraction of sp³-hybridized carbons (Fsp3) is 0.500. The Kier molecular flexibility index (Phi) is 4.41. The first-order valence-electron chi connectivity index (χ1n) is 7.99. The van der Waals surface area contributed by atoms with Crippen LogP contribution >= 0.6 is 11.3 Å². The maximum absolute atomic E-state index is 13.1. The summed E-state index contributed by atoms with van der Waals surface area (Å²) in [6, 6.07) is 0. The highest BCUT2D eigenvalue weighted by molar-refractivity contribution is 7.16. The van der Waals surface area contributed by atoms with Gasteiger partial charge in [0.25, 0.3) is 0 Å². The normalized spacial score (nSPS) is 15.2. The number of carbonyl (C=O) groups excluding carboxylic acids is 1. The second-order valence-corrected chi connectivity index (χ2v) is 7.81. The maximum atomic E-state index is 13.1. The molecule has 26 heavy (non-hydrogen) atoms. The van der Waals surface area contributed by atoms with Crippen LogP contribution < -0.4 is 11.1 Å². The number of nitrogens with zero attached hydrogens (tertiary/aromatic N) is 3. The molecule has 0 atom stereocenters. The molecule has 0 unspecified atom stereocenters. The number of hydrogen-bond acceptors (Lipinski definition) is 6. The van der Waals surface area contributed by atoms with Crippen LogP contribution in [0.1, 0.15) is 54.6 Å². The molecule has 0 aromatic carbocycles. The summed E-state index contributed by atoms with van der Waals surface area (Å²) in [6.07, 6.45) is -2.28. The monoisotopic (exact) mass is 385 g/mol. The minimum Gasteiger partial charge on any atom is -0.369 e. The Morgan fingerprint density at radius 1 is 1.31 bits per heavy atom. The first-order chi connectivity index (χ1) is 12.0. The molecule has 2 aromatic heterocycles. The summed E-state index contributed by atoms with van der Waals surface area (Å²) < 4.78 is 39.4. The number of amides is 1. The van der Waals surface area contributed by atoms with Crippen molar-refractivity contribution in [3.8, 4) is 0 Å². The van der Waals surface area contributed by atoms with Gasteiger partial charge in [0.15, 0.2) is 0 Å². The molecule has 10 heteroatoms. The summed E-state index contributed by atoms with van der Waals surface area (Å²) in [5.41, 5.74) is 4.29. The molecule has 1 saturated carbocycles. The topological polar surface area (TPSA) is 93.8 Å². The smallest absolute Gasteiger partial charge is 0.369 e. The van der Waals surface area contributed by atoms with Crippen molar-refractivity contribution in [1.82, 2.24) is 15.0 Å². The van der Waals surface area contributed by atoms with Gasteiger partial charge in [0.2, 0.25) is 11.9 Å². The van der Waals surface area contributed by atoms with Gasteiger partial charge in [-0.15, -0.1) is 0 Å². The van der Waals surface area contributed by atoms with E-state index in [2.05, 4.69) is 20.3 Å². The van der Waals surface area contributed by atoms with Crippen LogP contribution in [0, 0.1) is 6.92 Å². The first kappa shape index (κ1) is 18.6. The van der Waals surface area contributed by atoms with Crippen LogP contribution in [0.4, 0.5) is 24.1 Å². The Morgan fingerprint density at radius 3 is 2.50 bits per heavy atom. The molecule has 6 nitrogen and oxygen atoms in total. The highest BCUT2D eigenvalue weighted by Gasteiger charge is 2.40. The van der Waals surface area contributed by atoms with E-state index >= 15 is 0 Å². The van der Waals surface area contributed by atoms with Crippen molar-refractivity contribution < 1.29 is 18.0 Å². The number of aryl methyl sites for hydroxylation is 1. The molecule has 0 radical (unpaired) electrons. The zero-order valence-electron chi connectivity index (χ0n) is 14.4. The lowest BCUT2D eigenvalue weighted by molar-refractivity contribution is -0.138. The van der Waals surface area contributed by atoms with E-state index < -0.39 is 23.1 Å². The average Bonchev–Trinajstić information content (AvgIpc) is 3.31. The van der Waals surface area contributed by atoms with E-state index in [1.807, 2.05) is 0 Å². The molecule has 2 heterocycles. The van der Waals surface area contributed by atoms with Gasteiger partial charge in [-0.1, -0.05) is 11.3 Å². The highest BCUT2D eigenvalue weighted by atomic mass is 32.1. The Morgan fingerprint density at radius 2 is 1.96 bits per heavy atom. The Labute approximate surface area is 152 Å². The van der Waals surface area contributed by atoms with Gasteiger partial charge in [-0.3, -0.25) is 4.79 Å². The number of nitrogens with two attached hydrogens (primary N) is 1. The van der Waals surface area contributed by atoms with Crippen molar-refractivity contribution in [2.75, 3.05) is 5.32 Å². The average molecular weight is 385 g/mol. The van der Waals surface area contributed by atoms with Gasteiger partial charge in [-0.05, 0) is 33.6 Å². The summed E-state index contributed by atoms with van der Waals surface area (Å²) in [5.74, 6) is -0.614. The summed E-state index contributed by atoms with van der Waals surface area (Å²) in [6.45, 7) is 5.06. The molecule has 0 aliphatic heterocycles. The summed E-state index contributed by atoms with van der Waals surface area (Å²) in [7, 11) is 0. The molecule has 3 N–H and O–H groups in total. The number of halogens is 3. The Bertz CT molecular complexity index is 858. The van der Waals surface area contributed by atoms with E-state index in [0.29, 0.717) is 28.5 Å². The molecular weight excluding hydrogens is 367 g/mol. The van der Waals surface area contributed by atoms with Crippen molar-refractivity contribution in [2.24, 2.45) is 5.73 Å². The molecule has 1 aliphatic carbocycles. The van der Waals surface area contributed by atoms with Crippen LogP contribution in [0.25, 0.3) is 0 Å². The van der Waals surface area contributed by atoms with Crippen molar-refractivity contribution >= 4 is 28.2 Å². The minimum atomic E-state index is -4.48. The number of thiazole rings is 1. The van der Waals surface area contributed by atoms with Gasteiger partial charge < -0.3 is 11.1 Å². The van der Waals surface area contributed by atoms with Gasteiger partial charge in [-0.2, -0.15) is 13.2 Å². The van der Waals surface area contributed by atoms with E-state index in [1.165, 1.54) is 11.3 Å². The third-order valence-electron chi connectivity index (χ3n) is 4.26. The van der Waals surface area contributed by atoms with Crippen LogP contribution in [0.2, 0.25) is 0 Å². The fourth-order valence-corrected chi connectivity index (χ4v) is 3.40. The summed E-state index contributed by atoms with van der Waals surface area (Å²) in [5, 5.41) is 4.00. The van der Waals surface area contributed by atoms with Crippen molar-refractivity contribution in [1.29, 1.82) is 0 Å². The molecule has 2 aromatic rings. The van der Waals surface area contributed by atoms with E-state index in [9.17, 15) is 18.0 Å². The molecule has 140 valence electrons. The molecule has 1 fully saturated rings. The lowest BCUT2D eigenvalue weighted by Crippen LogP contribution is -2.35. The van der Waals surface area contributed by atoms with Gasteiger partial charge in [-0.25, -0.2) is 15.0 Å². The standard InChI is InChI=1S/C16H18F3N5OS/c1-7-11(26-13(22-7)15(2,3)12(20)25)24-14-21-6-9(16(17,18)19)10(23-14)8-4-5-8/h6,8H,4-5H2,1-3H3,(H2,20,25)(H,21,23,24). The van der Waals surface area contributed by atoms with Gasteiger partial charge in [0.05, 0.1) is 22.4 Å². The van der Waals surface area contributed by atoms with E-state index in [0.717, 1.165) is 6.20 Å². The number of carbonyl (C=O) groups is 1. The quantitative estimate of drug-likeness (QED) is 0.819. The SMILES string of the molecule is Cc1nc(C(C)(C)C(N)=O)sc1Nc1ncc(C(F)(F)F)c(C2CC2)n1. The second kappa shape index (κ2) is 6.19. The predicted molar refractivity (Wildman–Crippen MR) is 91.4 cm³/mol. The van der Waals surface area contributed by atoms with Crippen LogP contribution in [0.15, 0.2) is 6.20 Å². The zero-order chi connectivity index (χ0) is 19.3. The van der Waals surface area contributed by atoms with E-state index in [4.69, 9.17) is 5.73 Å². The number of alkyl halides is 3. The highest BCUT2D eigenvalue weighted by Crippen LogP contribution is 2.45. The number of primary amides is 1. The maximum Gasteiger partial charge on any atom is 0.419 e. The predicted octanol–water partition coefficient (Wildman–Crippen LogP) is 3.64. The van der Waals surface area contributed by atoms with Gasteiger partial charge in [0, 0.05) is 12.1 Å². The largest absolute Gasteiger partial charge is 0.419 e. The zero-order valence-corrected chi connectivity index (χ0v) is 15.3. The molecule has 1 aliphatic rings. The van der Waals surface area contributed by atoms with Gasteiger partial charge in [0.1, 0.15) is 10.0 Å². The molecule has 0 bridgehead atoms. The van der Waals surface area contributed by atoms with Crippen LogP contribution in [-0.4, -0.2) is 20.9 Å². The van der Waals surface area contributed by atoms with Crippen molar-refractivity contribution in [2.45, 2.75) is 51.1 Å². The molecular formula is C16H18F3N5OS. The second-order valence-electron chi connectivity index (χ2n) is 6.81. The van der Waals surface area contributed by atoms with Crippen molar-refractivity contribution in [3.05, 3.63) is 28.2 Å². The number of anilines is 2. The lowest BCUT2D eigenvalue weighted by Gasteiger charge is -2.16. The number of hydrogen-bond donors (Lipinski definition) is 2. The van der Waals surface area contributed by atoms with Crippen LogP contribution in [0.3, 0.4) is 0 Å². The van der Waals surface area contributed by atoms with E-state index in [-0.39, 0.29) is 17.6 Å². The minimum absolute atomic E-state index is 0.0230. The number of aromatic nitrogens is 3. The fourth-order valence-electron chi connectivity index (χ4n) is 2.33. The van der Waals surface area contributed by atoms with Crippen LogP contribution in [-0.2, 0) is 16.4 Å². The Balaban J connectivity index is 1.92. The molecule has 1 amide bonds. The van der Waals surface area contributed by atoms with Crippen molar-refractivity contribution in [3.63, 3.8) is 0 Å². The third-order valence-corrected chi connectivity index (χ3v) is 5.66. The first-order valence-corrected chi connectivity index (χ1v) is 8.80. The molecule has 0 spiro atoms. The number of nitrogens with one attached hydrogen (secondary N) is 1. The third kappa shape index (κ3) is 3.50. The summed E-state index contributed by atoms with van der Waals surface area (Å²) in [4.78, 5) is 23.8. The number of rotatable bonds is 5. The Hall–Kier alpha value is -2.23. The van der Waals surface area contributed by atoms with Crippen LogP contribution in [0.5, 0.6) is 0 Å². The molecule has 0 saturated heterocycles. The lowest BCUT2D eigenvalue weighted by atomic mass is 9.94.